The van der Waals surface area contributed by atoms with Crippen LogP contribution < -0.4 is 11.1 Å². The van der Waals surface area contributed by atoms with E-state index >= 15 is 0 Å². The minimum Gasteiger partial charge on any atom is -0.383 e. The molecule has 4 nitrogen and oxygen atoms in total. The highest BCUT2D eigenvalue weighted by atomic mass is 15.1. The van der Waals surface area contributed by atoms with Gasteiger partial charge < -0.3 is 11.1 Å². The molecule has 92 valence electrons. The number of benzene rings is 1. The summed E-state index contributed by atoms with van der Waals surface area (Å²) < 4.78 is 0. The fourth-order valence-electron chi connectivity index (χ4n) is 1.91. The van der Waals surface area contributed by atoms with Crippen LogP contribution in [-0.4, -0.2) is 16.0 Å². The molecular weight excluding hydrogens is 224 g/mol. The number of nitrogens with two attached hydrogens (primary N) is 1. The molecule has 3 rings (SSSR count). The van der Waals surface area contributed by atoms with Crippen LogP contribution in [0.15, 0.2) is 30.5 Å². The zero-order chi connectivity index (χ0) is 12.5. The smallest absolute Gasteiger partial charge is 0.224 e. The fraction of sp³-hybridized carbons (Fsp3) is 0.286. The highest BCUT2D eigenvalue weighted by Crippen LogP contribution is 2.27. The van der Waals surface area contributed by atoms with E-state index in [0.717, 1.165) is 11.1 Å². The van der Waals surface area contributed by atoms with E-state index in [2.05, 4.69) is 34.3 Å². The average Bonchev–Trinajstić information content (AvgIpc) is 3.13. The zero-order valence-electron chi connectivity index (χ0n) is 10.4. The first-order valence-electron chi connectivity index (χ1n) is 6.18. The Balaban J connectivity index is 1.92. The van der Waals surface area contributed by atoms with E-state index in [9.17, 15) is 0 Å². The molecule has 0 radical (unpaired) electrons. The maximum Gasteiger partial charge on any atom is 0.224 e. The Morgan fingerprint density at radius 1 is 1.33 bits per heavy atom. The zero-order valence-corrected chi connectivity index (χ0v) is 10.4. The van der Waals surface area contributed by atoms with Gasteiger partial charge in [-0.05, 0) is 25.3 Å². The number of aryl methyl sites for hydroxylation is 1. The topological polar surface area (TPSA) is 63.8 Å². The molecule has 1 fully saturated rings. The van der Waals surface area contributed by atoms with Crippen molar-refractivity contribution >= 4 is 11.8 Å². The second kappa shape index (κ2) is 4.29. The van der Waals surface area contributed by atoms with Crippen LogP contribution in [0.3, 0.4) is 0 Å². The van der Waals surface area contributed by atoms with Gasteiger partial charge in [0.2, 0.25) is 5.95 Å². The summed E-state index contributed by atoms with van der Waals surface area (Å²) in [5.41, 5.74) is 9.16. The lowest BCUT2D eigenvalue weighted by atomic mass is 10.1. The van der Waals surface area contributed by atoms with Gasteiger partial charge in [0.1, 0.15) is 5.82 Å². The van der Waals surface area contributed by atoms with Gasteiger partial charge in [0, 0.05) is 17.8 Å². The highest BCUT2D eigenvalue weighted by Gasteiger charge is 2.22. The maximum atomic E-state index is 6.01. The first-order valence-corrected chi connectivity index (χ1v) is 6.18. The number of anilines is 2. The standard InChI is InChI=1S/C14H16N4/c1-9-3-2-4-10(7-9)12-8-16-14(18-13(12)15)17-11-5-6-11/h2-4,7-8,11H,5-6H2,1H3,(H3,15,16,17,18). The lowest BCUT2D eigenvalue weighted by Gasteiger charge is -2.08. The van der Waals surface area contributed by atoms with Gasteiger partial charge in [0.15, 0.2) is 0 Å². The van der Waals surface area contributed by atoms with Crippen LogP contribution >= 0.6 is 0 Å². The second-order valence-corrected chi connectivity index (χ2v) is 4.78. The summed E-state index contributed by atoms with van der Waals surface area (Å²) in [6, 6.07) is 8.72. The van der Waals surface area contributed by atoms with E-state index in [-0.39, 0.29) is 0 Å². The number of nitrogens with zero attached hydrogens (tertiary/aromatic N) is 2. The molecule has 0 atom stereocenters. The van der Waals surface area contributed by atoms with Crippen LogP contribution in [-0.2, 0) is 0 Å². The Morgan fingerprint density at radius 2 is 2.17 bits per heavy atom. The molecule has 18 heavy (non-hydrogen) atoms. The predicted molar refractivity (Wildman–Crippen MR) is 73.3 cm³/mol. The maximum absolute atomic E-state index is 6.01. The van der Waals surface area contributed by atoms with Crippen LogP contribution in [0.2, 0.25) is 0 Å². The molecule has 0 spiro atoms. The van der Waals surface area contributed by atoms with Gasteiger partial charge in [-0.25, -0.2) is 4.98 Å². The van der Waals surface area contributed by atoms with Crippen molar-refractivity contribution in [2.24, 2.45) is 0 Å². The summed E-state index contributed by atoms with van der Waals surface area (Å²) in [6.45, 7) is 2.06. The summed E-state index contributed by atoms with van der Waals surface area (Å²) >= 11 is 0. The minimum atomic E-state index is 0.527. The summed E-state index contributed by atoms with van der Waals surface area (Å²) in [5.74, 6) is 1.16. The summed E-state index contributed by atoms with van der Waals surface area (Å²) in [7, 11) is 0. The van der Waals surface area contributed by atoms with Crippen LogP contribution in [0.25, 0.3) is 11.1 Å². The van der Waals surface area contributed by atoms with E-state index in [1.807, 2.05) is 12.1 Å². The third-order valence-electron chi connectivity index (χ3n) is 3.06. The van der Waals surface area contributed by atoms with E-state index in [1.165, 1.54) is 18.4 Å². The molecule has 0 amide bonds. The fourth-order valence-corrected chi connectivity index (χ4v) is 1.91. The number of rotatable bonds is 3. The molecule has 0 saturated heterocycles. The number of nitrogen functional groups attached to an aromatic ring is 1. The van der Waals surface area contributed by atoms with Crippen molar-refractivity contribution in [3.05, 3.63) is 36.0 Å². The number of hydrogen-bond acceptors (Lipinski definition) is 4. The second-order valence-electron chi connectivity index (χ2n) is 4.78. The Bertz CT molecular complexity index is 576. The third kappa shape index (κ3) is 2.27. The van der Waals surface area contributed by atoms with Gasteiger partial charge in [-0.2, -0.15) is 4.98 Å². The SMILES string of the molecule is Cc1cccc(-c2cnc(NC3CC3)nc2N)c1. The lowest BCUT2D eigenvalue weighted by Crippen LogP contribution is -2.07. The van der Waals surface area contributed by atoms with Crippen LogP contribution in [0, 0.1) is 6.92 Å². The Morgan fingerprint density at radius 3 is 2.83 bits per heavy atom. The van der Waals surface area contributed by atoms with E-state index in [4.69, 9.17) is 5.73 Å². The minimum absolute atomic E-state index is 0.527. The van der Waals surface area contributed by atoms with Gasteiger partial charge >= 0.3 is 0 Å². The Labute approximate surface area is 106 Å². The Kier molecular flexibility index (Phi) is 2.63. The van der Waals surface area contributed by atoms with Crippen molar-refractivity contribution in [3.8, 4) is 11.1 Å². The third-order valence-corrected chi connectivity index (χ3v) is 3.06. The number of aromatic nitrogens is 2. The number of hydrogen-bond donors (Lipinski definition) is 2. The first kappa shape index (κ1) is 11.0. The Hall–Kier alpha value is -2.10. The van der Waals surface area contributed by atoms with Crippen LogP contribution in [0.4, 0.5) is 11.8 Å². The van der Waals surface area contributed by atoms with Crippen molar-refractivity contribution in [2.45, 2.75) is 25.8 Å². The molecule has 1 aliphatic carbocycles. The monoisotopic (exact) mass is 240 g/mol. The number of nitrogens with one attached hydrogen (secondary N) is 1. The van der Waals surface area contributed by atoms with E-state index in [0.29, 0.717) is 17.8 Å². The quantitative estimate of drug-likeness (QED) is 0.865. The van der Waals surface area contributed by atoms with Crippen molar-refractivity contribution in [1.29, 1.82) is 0 Å². The van der Waals surface area contributed by atoms with Gasteiger partial charge in [0.05, 0.1) is 0 Å². The van der Waals surface area contributed by atoms with Crippen LogP contribution in [0.5, 0.6) is 0 Å². The lowest BCUT2D eigenvalue weighted by molar-refractivity contribution is 1.06. The molecule has 1 aliphatic rings. The summed E-state index contributed by atoms with van der Waals surface area (Å²) in [4.78, 5) is 8.64. The largest absolute Gasteiger partial charge is 0.383 e. The molecule has 0 aliphatic heterocycles. The first-order chi connectivity index (χ1) is 8.72. The predicted octanol–water partition coefficient (Wildman–Crippen LogP) is 2.61. The average molecular weight is 240 g/mol. The molecule has 3 N–H and O–H groups in total. The normalized spacial score (nSPS) is 14.5. The molecule has 4 heteroatoms. The molecule has 2 aromatic rings. The molecular formula is C14H16N4. The summed E-state index contributed by atoms with van der Waals surface area (Å²) in [6.07, 6.45) is 4.19. The highest BCUT2D eigenvalue weighted by molar-refractivity contribution is 5.74. The van der Waals surface area contributed by atoms with E-state index < -0.39 is 0 Å². The van der Waals surface area contributed by atoms with Crippen molar-refractivity contribution in [3.63, 3.8) is 0 Å². The van der Waals surface area contributed by atoms with Crippen molar-refractivity contribution < 1.29 is 0 Å². The molecule has 1 aromatic heterocycles. The molecule has 0 bridgehead atoms. The van der Waals surface area contributed by atoms with Crippen LogP contribution in [0.1, 0.15) is 18.4 Å². The molecule has 1 saturated carbocycles. The van der Waals surface area contributed by atoms with Gasteiger partial charge in [-0.1, -0.05) is 29.8 Å². The van der Waals surface area contributed by atoms with Gasteiger partial charge in [-0.15, -0.1) is 0 Å². The molecule has 0 unspecified atom stereocenters. The van der Waals surface area contributed by atoms with Gasteiger partial charge in [-0.3, -0.25) is 0 Å². The van der Waals surface area contributed by atoms with Crippen molar-refractivity contribution in [2.75, 3.05) is 11.1 Å². The summed E-state index contributed by atoms with van der Waals surface area (Å²) in [5, 5.41) is 3.24. The van der Waals surface area contributed by atoms with Gasteiger partial charge in [0.25, 0.3) is 0 Å². The molecule has 1 aromatic carbocycles. The molecule has 1 heterocycles. The van der Waals surface area contributed by atoms with Crippen molar-refractivity contribution in [1.82, 2.24) is 9.97 Å². The van der Waals surface area contributed by atoms with E-state index in [1.54, 1.807) is 6.20 Å².